The Balaban J connectivity index is 1.89. The van der Waals surface area contributed by atoms with Crippen molar-refractivity contribution in [3.63, 3.8) is 0 Å². The number of rotatable bonds is 9. The van der Waals surface area contributed by atoms with E-state index >= 15 is 0 Å². The summed E-state index contributed by atoms with van der Waals surface area (Å²) in [5.41, 5.74) is 1.91. The second-order valence-corrected chi connectivity index (χ2v) is 6.98. The van der Waals surface area contributed by atoms with Crippen molar-refractivity contribution in [2.45, 2.75) is 83.7 Å². The molecule has 0 radical (unpaired) electrons. The zero-order valence-electron chi connectivity index (χ0n) is 14.7. The van der Waals surface area contributed by atoms with Gasteiger partial charge in [-0.25, -0.2) is 0 Å². The Morgan fingerprint density at radius 3 is 2.30 bits per heavy atom. The lowest BCUT2D eigenvalue weighted by Gasteiger charge is -2.17. The molecule has 23 heavy (non-hydrogen) atoms. The molecule has 0 bridgehead atoms. The summed E-state index contributed by atoms with van der Waals surface area (Å²) in [6, 6.07) is 7.75. The lowest BCUT2D eigenvalue weighted by Crippen LogP contribution is -2.25. The molecule has 3 nitrogen and oxygen atoms in total. The minimum atomic E-state index is -0.499. The largest absolute Gasteiger partial charge is 0.345 e. The van der Waals surface area contributed by atoms with E-state index in [4.69, 9.17) is 9.47 Å². The van der Waals surface area contributed by atoms with Gasteiger partial charge in [0.2, 0.25) is 0 Å². The predicted octanol–water partition coefficient (Wildman–Crippen LogP) is 4.92. The molecule has 1 fully saturated rings. The lowest BCUT2D eigenvalue weighted by atomic mass is 9.99. The Morgan fingerprint density at radius 2 is 1.65 bits per heavy atom. The molecule has 0 spiro atoms. The van der Waals surface area contributed by atoms with Gasteiger partial charge in [-0.2, -0.15) is 0 Å². The van der Waals surface area contributed by atoms with Crippen LogP contribution < -0.4 is 0 Å². The van der Waals surface area contributed by atoms with Crippen molar-refractivity contribution in [3.8, 4) is 0 Å². The van der Waals surface area contributed by atoms with Crippen molar-refractivity contribution >= 4 is 6.29 Å². The van der Waals surface area contributed by atoms with Gasteiger partial charge in [-0.05, 0) is 25.8 Å². The first kappa shape index (κ1) is 18.2. The zero-order chi connectivity index (χ0) is 16.7. The van der Waals surface area contributed by atoms with Crippen LogP contribution in [0.2, 0.25) is 0 Å². The summed E-state index contributed by atoms with van der Waals surface area (Å²) in [7, 11) is 0. The van der Waals surface area contributed by atoms with Gasteiger partial charge >= 0.3 is 0 Å². The number of benzene rings is 1. The Labute approximate surface area is 140 Å². The van der Waals surface area contributed by atoms with E-state index in [1.54, 1.807) is 0 Å². The number of aldehydes is 1. The van der Waals surface area contributed by atoms with E-state index in [1.165, 1.54) is 37.7 Å². The van der Waals surface area contributed by atoms with Crippen LogP contribution in [0, 0.1) is 0 Å². The normalized spacial score (nSPS) is 23.1. The number of ether oxygens (including phenoxy) is 2. The van der Waals surface area contributed by atoms with Crippen LogP contribution in [0.3, 0.4) is 0 Å². The summed E-state index contributed by atoms with van der Waals surface area (Å²) >= 11 is 0. The fourth-order valence-corrected chi connectivity index (χ4v) is 3.24. The first-order chi connectivity index (χ1) is 11.0. The van der Waals surface area contributed by atoms with Gasteiger partial charge in [0.05, 0.1) is 12.2 Å². The molecule has 0 N–H and O–H groups in total. The molecule has 1 aliphatic heterocycles. The maximum Gasteiger partial charge on any atom is 0.163 e. The highest BCUT2D eigenvalue weighted by Gasteiger charge is 2.40. The van der Waals surface area contributed by atoms with Crippen LogP contribution in [-0.2, 0) is 15.9 Å². The Bertz CT molecular complexity index is 478. The summed E-state index contributed by atoms with van der Waals surface area (Å²) in [6.45, 7) is 6.22. The molecule has 2 unspecified atom stereocenters. The molecule has 0 aliphatic carbocycles. The molecule has 128 valence electrons. The molecule has 1 saturated heterocycles. The second kappa shape index (κ2) is 8.60. The second-order valence-electron chi connectivity index (χ2n) is 6.98. The third-order valence-electron chi connectivity index (χ3n) is 4.43. The Kier molecular flexibility index (Phi) is 6.79. The Hall–Kier alpha value is -1.19. The van der Waals surface area contributed by atoms with Gasteiger partial charge in [-0.15, -0.1) is 0 Å². The third kappa shape index (κ3) is 5.74. The average molecular weight is 318 g/mol. The molecule has 2 atom stereocenters. The predicted molar refractivity (Wildman–Crippen MR) is 92.7 cm³/mol. The lowest BCUT2D eigenvalue weighted by molar-refractivity contribution is -0.146. The maximum atomic E-state index is 10.7. The minimum Gasteiger partial charge on any atom is -0.345 e. The van der Waals surface area contributed by atoms with Gasteiger partial charge in [0.15, 0.2) is 5.79 Å². The van der Waals surface area contributed by atoms with Crippen LogP contribution in [0.15, 0.2) is 24.3 Å². The molecular formula is C20H30O3. The molecular weight excluding hydrogens is 288 g/mol. The molecule has 0 amide bonds. The van der Waals surface area contributed by atoms with Gasteiger partial charge in [0.1, 0.15) is 6.29 Å². The van der Waals surface area contributed by atoms with Gasteiger partial charge < -0.3 is 9.47 Å². The first-order valence-corrected chi connectivity index (χ1v) is 8.94. The number of hydrogen-bond acceptors (Lipinski definition) is 3. The summed E-state index contributed by atoms with van der Waals surface area (Å²) in [5, 5.41) is 0. The van der Waals surface area contributed by atoms with Crippen molar-refractivity contribution in [2.75, 3.05) is 0 Å². The number of carbonyl (C=O) groups is 1. The SMILES string of the molecule is CCCCCCCC1OC(C)(C)OC1Cc1ccc(C=O)cc1. The van der Waals surface area contributed by atoms with Gasteiger partial charge in [-0.3, -0.25) is 4.79 Å². The monoisotopic (exact) mass is 318 g/mol. The molecule has 1 aromatic carbocycles. The molecule has 3 heteroatoms. The summed E-state index contributed by atoms with van der Waals surface area (Å²) in [4.78, 5) is 10.7. The molecule has 1 aromatic rings. The molecule has 0 saturated carbocycles. The van der Waals surface area contributed by atoms with Crippen LogP contribution in [0.1, 0.15) is 75.2 Å². The number of carbonyl (C=O) groups excluding carboxylic acids is 1. The van der Waals surface area contributed by atoms with Gasteiger partial charge in [0.25, 0.3) is 0 Å². The van der Waals surface area contributed by atoms with Crippen LogP contribution >= 0.6 is 0 Å². The van der Waals surface area contributed by atoms with E-state index in [1.807, 2.05) is 38.1 Å². The van der Waals surface area contributed by atoms with Crippen LogP contribution in [0.4, 0.5) is 0 Å². The van der Waals surface area contributed by atoms with Crippen molar-refractivity contribution in [1.29, 1.82) is 0 Å². The van der Waals surface area contributed by atoms with Crippen LogP contribution in [0.25, 0.3) is 0 Å². The highest BCUT2D eigenvalue weighted by Crippen LogP contribution is 2.32. The first-order valence-electron chi connectivity index (χ1n) is 8.94. The smallest absolute Gasteiger partial charge is 0.163 e. The van der Waals surface area contributed by atoms with E-state index in [9.17, 15) is 4.79 Å². The van der Waals surface area contributed by atoms with Crippen molar-refractivity contribution in [2.24, 2.45) is 0 Å². The van der Waals surface area contributed by atoms with E-state index < -0.39 is 5.79 Å². The zero-order valence-corrected chi connectivity index (χ0v) is 14.7. The van der Waals surface area contributed by atoms with E-state index in [0.717, 1.165) is 19.1 Å². The van der Waals surface area contributed by atoms with Gasteiger partial charge in [-0.1, -0.05) is 63.3 Å². The molecule has 1 aliphatic rings. The maximum absolute atomic E-state index is 10.7. The van der Waals surface area contributed by atoms with E-state index in [0.29, 0.717) is 5.56 Å². The minimum absolute atomic E-state index is 0.0956. The topological polar surface area (TPSA) is 35.5 Å². The van der Waals surface area contributed by atoms with Crippen LogP contribution in [0.5, 0.6) is 0 Å². The Morgan fingerprint density at radius 1 is 1.00 bits per heavy atom. The molecule has 0 aromatic heterocycles. The van der Waals surface area contributed by atoms with Crippen LogP contribution in [-0.4, -0.2) is 24.3 Å². The quantitative estimate of drug-likeness (QED) is 0.479. The van der Waals surface area contributed by atoms with Crippen molar-refractivity contribution < 1.29 is 14.3 Å². The summed E-state index contributed by atoms with van der Waals surface area (Å²) < 4.78 is 12.2. The van der Waals surface area contributed by atoms with Crippen molar-refractivity contribution in [1.82, 2.24) is 0 Å². The highest BCUT2D eigenvalue weighted by atomic mass is 16.7. The van der Waals surface area contributed by atoms with Gasteiger partial charge in [0, 0.05) is 12.0 Å². The molecule has 1 heterocycles. The molecule has 2 rings (SSSR count). The summed E-state index contributed by atoms with van der Waals surface area (Å²) in [6.07, 6.45) is 9.41. The number of unbranched alkanes of at least 4 members (excludes halogenated alkanes) is 4. The van der Waals surface area contributed by atoms with E-state index in [2.05, 4.69) is 6.92 Å². The third-order valence-corrected chi connectivity index (χ3v) is 4.43. The van der Waals surface area contributed by atoms with Crippen molar-refractivity contribution in [3.05, 3.63) is 35.4 Å². The number of hydrogen-bond donors (Lipinski definition) is 0. The fourth-order valence-electron chi connectivity index (χ4n) is 3.24. The summed E-state index contributed by atoms with van der Waals surface area (Å²) in [5.74, 6) is -0.499. The standard InChI is InChI=1S/C20H30O3/c1-4-5-6-7-8-9-18-19(23-20(2,3)22-18)14-16-10-12-17(15-21)13-11-16/h10-13,15,18-19H,4-9,14H2,1-3H3. The highest BCUT2D eigenvalue weighted by molar-refractivity contribution is 5.74. The average Bonchev–Trinajstić information content (AvgIpc) is 2.82. The van der Waals surface area contributed by atoms with E-state index in [-0.39, 0.29) is 12.2 Å². The fraction of sp³-hybridized carbons (Fsp3) is 0.650.